The number of ether oxygens (including phenoxy) is 1. The molecule has 0 spiro atoms. The van der Waals surface area contributed by atoms with E-state index in [2.05, 4.69) is 11.4 Å². The van der Waals surface area contributed by atoms with Crippen LogP contribution in [-0.4, -0.2) is 25.7 Å². The van der Waals surface area contributed by atoms with Crippen LogP contribution in [0.25, 0.3) is 0 Å². The molecule has 0 aliphatic rings. The molecule has 3 nitrogen and oxygen atoms in total. The summed E-state index contributed by atoms with van der Waals surface area (Å²) in [6, 6.07) is 0. The van der Waals surface area contributed by atoms with E-state index in [-0.39, 0.29) is 11.9 Å². The van der Waals surface area contributed by atoms with Crippen LogP contribution in [0.1, 0.15) is 27.2 Å². The van der Waals surface area contributed by atoms with Crippen LogP contribution >= 0.6 is 0 Å². The second-order valence-electron chi connectivity index (χ2n) is 3.21. The lowest BCUT2D eigenvalue weighted by Crippen LogP contribution is -2.28. The first kappa shape index (κ1) is 13.2. The summed E-state index contributed by atoms with van der Waals surface area (Å²) in [6.07, 6.45) is 5.13. The molecule has 0 aromatic rings. The van der Waals surface area contributed by atoms with Crippen LogP contribution < -0.4 is 5.32 Å². The van der Waals surface area contributed by atoms with E-state index in [0.29, 0.717) is 13.2 Å². The lowest BCUT2D eigenvalue weighted by molar-refractivity contribution is -0.147. The largest absolute Gasteiger partial charge is 0.466 e. The maximum atomic E-state index is 11.2. The van der Waals surface area contributed by atoms with Crippen LogP contribution in [0, 0.1) is 5.92 Å². The molecule has 0 heterocycles. The van der Waals surface area contributed by atoms with E-state index in [1.165, 1.54) is 0 Å². The monoisotopic (exact) mass is 199 g/mol. The fourth-order valence-electron chi connectivity index (χ4n) is 1.04. The second-order valence-corrected chi connectivity index (χ2v) is 3.21. The maximum absolute atomic E-state index is 11.2. The van der Waals surface area contributed by atoms with Gasteiger partial charge in [-0.2, -0.15) is 0 Å². The van der Waals surface area contributed by atoms with Crippen molar-refractivity contribution in [1.29, 1.82) is 0 Å². The van der Waals surface area contributed by atoms with Gasteiger partial charge in [-0.25, -0.2) is 0 Å². The summed E-state index contributed by atoms with van der Waals surface area (Å²) in [5.41, 5.74) is 0. The minimum absolute atomic E-state index is 0.0550. The molecular formula is C11H21NO2. The molecule has 1 unspecified atom stereocenters. The minimum atomic E-state index is -0.119. The van der Waals surface area contributed by atoms with Crippen molar-refractivity contribution in [3.05, 3.63) is 12.2 Å². The minimum Gasteiger partial charge on any atom is -0.466 e. The van der Waals surface area contributed by atoms with Gasteiger partial charge in [-0.15, -0.1) is 0 Å². The fourth-order valence-corrected chi connectivity index (χ4v) is 1.04. The predicted molar refractivity (Wildman–Crippen MR) is 58.1 cm³/mol. The smallest absolute Gasteiger partial charge is 0.309 e. The highest BCUT2D eigenvalue weighted by Gasteiger charge is 2.12. The lowest BCUT2D eigenvalue weighted by Gasteiger charge is -2.10. The van der Waals surface area contributed by atoms with Crippen LogP contribution in [0.5, 0.6) is 0 Å². The number of carbonyl (C=O) groups excluding carboxylic acids is 1. The topological polar surface area (TPSA) is 38.3 Å². The summed E-state index contributed by atoms with van der Waals surface area (Å²) >= 11 is 0. The van der Waals surface area contributed by atoms with E-state index >= 15 is 0 Å². The summed E-state index contributed by atoms with van der Waals surface area (Å²) in [5, 5.41) is 3.21. The Hall–Kier alpha value is -0.830. The molecular weight excluding hydrogens is 178 g/mol. The molecule has 0 saturated heterocycles. The van der Waals surface area contributed by atoms with Crippen LogP contribution in [-0.2, 0) is 9.53 Å². The predicted octanol–water partition coefficient (Wildman–Crippen LogP) is 1.74. The Labute approximate surface area is 86.5 Å². The van der Waals surface area contributed by atoms with Gasteiger partial charge in [-0.1, -0.05) is 19.1 Å². The zero-order valence-corrected chi connectivity index (χ0v) is 9.38. The average Bonchev–Trinajstić information content (AvgIpc) is 2.17. The third kappa shape index (κ3) is 6.66. The molecule has 0 aliphatic carbocycles. The molecule has 0 aromatic carbocycles. The number of rotatable bonds is 7. The molecule has 0 amide bonds. The van der Waals surface area contributed by atoms with E-state index < -0.39 is 0 Å². The van der Waals surface area contributed by atoms with Crippen molar-refractivity contribution in [3.8, 4) is 0 Å². The second kappa shape index (κ2) is 8.75. The van der Waals surface area contributed by atoms with Crippen molar-refractivity contribution in [2.75, 3.05) is 19.7 Å². The van der Waals surface area contributed by atoms with Crippen molar-refractivity contribution in [2.45, 2.75) is 27.2 Å². The summed E-state index contributed by atoms with van der Waals surface area (Å²) in [6.45, 7) is 7.76. The van der Waals surface area contributed by atoms with Crippen LogP contribution in [0.3, 0.4) is 0 Å². The molecule has 1 atom stereocenters. The van der Waals surface area contributed by atoms with E-state index in [4.69, 9.17) is 4.74 Å². The molecule has 0 aliphatic heterocycles. The molecule has 0 bridgehead atoms. The quantitative estimate of drug-likeness (QED) is 0.385. The number of hydrogen-bond acceptors (Lipinski definition) is 3. The Morgan fingerprint density at radius 3 is 2.86 bits per heavy atom. The average molecular weight is 199 g/mol. The molecule has 14 heavy (non-hydrogen) atoms. The van der Waals surface area contributed by atoms with Gasteiger partial charge in [0.2, 0.25) is 0 Å². The first-order valence-corrected chi connectivity index (χ1v) is 5.20. The summed E-state index contributed by atoms with van der Waals surface area (Å²) in [5.74, 6) is -0.174. The highest BCUT2D eigenvalue weighted by atomic mass is 16.5. The summed E-state index contributed by atoms with van der Waals surface area (Å²) in [4.78, 5) is 11.2. The van der Waals surface area contributed by atoms with E-state index in [1.807, 2.05) is 26.8 Å². The van der Waals surface area contributed by atoms with Crippen molar-refractivity contribution < 1.29 is 9.53 Å². The van der Waals surface area contributed by atoms with Gasteiger partial charge in [-0.3, -0.25) is 4.79 Å². The maximum Gasteiger partial charge on any atom is 0.309 e. The van der Waals surface area contributed by atoms with Gasteiger partial charge in [0.05, 0.1) is 12.5 Å². The van der Waals surface area contributed by atoms with Crippen LogP contribution in [0.4, 0.5) is 0 Å². The Bertz CT molecular complexity index is 178. The van der Waals surface area contributed by atoms with Gasteiger partial charge in [0.15, 0.2) is 0 Å². The zero-order valence-electron chi connectivity index (χ0n) is 9.38. The van der Waals surface area contributed by atoms with Crippen molar-refractivity contribution in [2.24, 2.45) is 5.92 Å². The fraction of sp³-hybridized carbons (Fsp3) is 0.727. The Balaban J connectivity index is 3.43. The number of hydrogen-bond donors (Lipinski definition) is 1. The molecule has 0 fully saturated rings. The summed E-state index contributed by atoms with van der Waals surface area (Å²) in [7, 11) is 0. The normalized spacial score (nSPS) is 13.1. The molecule has 0 rings (SSSR count). The summed E-state index contributed by atoms with van der Waals surface area (Å²) < 4.78 is 4.89. The molecule has 82 valence electrons. The molecule has 3 heteroatoms. The highest BCUT2D eigenvalue weighted by molar-refractivity contribution is 5.72. The van der Waals surface area contributed by atoms with Gasteiger partial charge in [0, 0.05) is 6.54 Å². The SMILES string of the molecule is C/C=C/CCNCC(C)C(=O)OCC. The number of allylic oxidation sites excluding steroid dienone is 1. The number of esters is 1. The molecule has 1 N–H and O–H groups in total. The zero-order chi connectivity index (χ0) is 10.8. The van der Waals surface area contributed by atoms with Crippen LogP contribution in [0.15, 0.2) is 12.2 Å². The highest BCUT2D eigenvalue weighted by Crippen LogP contribution is 1.96. The van der Waals surface area contributed by atoms with Crippen molar-refractivity contribution >= 4 is 5.97 Å². The van der Waals surface area contributed by atoms with E-state index in [1.54, 1.807) is 0 Å². The van der Waals surface area contributed by atoms with Gasteiger partial charge in [0.25, 0.3) is 0 Å². The van der Waals surface area contributed by atoms with Gasteiger partial charge in [-0.05, 0) is 26.8 Å². The Morgan fingerprint density at radius 2 is 2.29 bits per heavy atom. The first-order chi connectivity index (χ1) is 6.72. The molecule has 0 aromatic heterocycles. The van der Waals surface area contributed by atoms with Crippen molar-refractivity contribution in [3.63, 3.8) is 0 Å². The first-order valence-electron chi connectivity index (χ1n) is 5.20. The van der Waals surface area contributed by atoms with E-state index in [0.717, 1.165) is 13.0 Å². The van der Waals surface area contributed by atoms with Crippen LogP contribution in [0.2, 0.25) is 0 Å². The molecule has 0 radical (unpaired) electrons. The Kier molecular flexibility index (Phi) is 8.24. The van der Waals surface area contributed by atoms with Gasteiger partial charge < -0.3 is 10.1 Å². The van der Waals surface area contributed by atoms with E-state index in [9.17, 15) is 4.79 Å². The Morgan fingerprint density at radius 1 is 1.57 bits per heavy atom. The standard InChI is InChI=1S/C11H21NO2/c1-4-6-7-8-12-9-10(3)11(13)14-5-2/h4,6,10,12H,5,7-9H2,1-3H3/b6-4+. The van der Waals surface area contributed by atoms with Gasteiger partial charge in [0.1, 0.15) is 0 Å². The number of nitrogens with one attached hydrogen (secondary N) is 1. The van der Waals surface area contributed by atoms with Gasteiger partial charge >= 0.3 is 5.97 Å². The number of carbonyl (C=O) groups is 1. The molecule has 0 saturated carbocycles. The third-order valence-electron chi connectivity index (χ3n) is 1.86. The third-order valence-corrected chi connectivity index (χ3v) is 1.86. The van der Waals surface area contributed by atoms with Crippen molar-refractivity contribution in [1.82, 2.24) is 5.32 Å². The lowest BCUT2D eigenvalue weighted by atomic mass is 10.2.